The van der Waals surface area contributed by atoms with Gasteiger partial charge in [0.15, 0.2) is 0 Å². The normalized spacial score (nSPS) is 29.4. The molecule has 0 aromatic heterocycles. The summed E-state index contributed by atoms with van der Waals surface area (Å²) >= 11 is 5.55. The highest BCUT2D eigenvalue weighted by atomic mass is 35.5. The molecular formula is C7H9ClN2O2. The Morgan fingerprint density at radius 2 is 2.17 bits per heavy atom. The molecular weight excluding hydrogens is 180 g/mol. The molecule has 0 aromatic rings. The zero-order valence-corrected chi connectivity index (χ0v) is 7.17. The largest absolute Gasteiger partial charge is 0.325 e. The van der Waals surface area contributed by atoms with Crippen LogP contribution in [0.25, 0.3) is 0 Å². The standard InChI is InChI=1S/C7H9ClN2O2/c8-3-10-5(4-1-2-4)6(11)9-7(10)12/h4-5H,1-3H2,(H,9,11,12). The van der Waals surface area contributed by atoms with Gasteiger partial charge in [-0.05, 0) is 18.8 Å². The van der Waals surface area contributed by atoms with Crippen molar-refractivity contribution in [2.24, 2.45) is 5.92 Å². The summed E-state index contributed by atoms with van der Waals surface area (Å²) in [6.07, 6.45) is 2.05. The molecule has 66 valence electrons. The first kappa shape index (κ1) is 7.86. The Hall–Kier alpha value is -0.770. The number of nitrogens with one attached hydrogen (secondary N) is 1. The molecule has 1 aliphatic carbocycles. The smallest absolute Gasteiger partial charge is 0.298 e. The number of amides is 3. The van der Waals surface area contributed by atoms with E-state index in [0.717, 1.165) is 12.8 Å². The van der Waals surface area contributed by atoms with Gasteiger partial charge in [0, 0.05) is 0 Å². The van der Waals surface area contributed by atoms with Gasteiger partial charge in [-0.25, -0.2) is 4.79 Å². The molecule has 4 nitrogen and oxygen atoms in total. The van der Waals surface area contributed by atoms with Crippen LogP contribution in [0.3, 0.4) is 0 Å². The van der Waals surface area contributed by atoms with Gasteiger partial charge in [0.25, 0.3) is 5.91 Å². The summed E-state index contributed by atoms with van der Waals surface area (Å²) in [5, 5.41) is 2.25. The van der Waals surface area contributed by atoms with Gasteiger partial charge in [0.2, 0.25) is 0 Å². The number of hydrogen-bond acceptors (Lipinski definition) is 2. The Kier molecular flexibility index (Phi) is 1.72. The quantitative estimate of drug-likeness (QED) is 0.390. The first-order valence-corrected chi connectivity index (χ1v) is 4.45. The topological polar surface area (TPSA) is 49.4 Å². The summed E-state index contributed by atoms with van der Waals surface area (Å²) in [5.74, 6) is 0.151. The molecule has 5 heteroatoms. The van der Waals surface area contributed by atoms with E-state index in [4.69, 9.17) is 11.6 Å². The summed E-state index contributed by atoms with van der Waals surface area (Å²) in [4.78, 5) is 23.7. The van der Waals surface area contributed by atoms with Crippen LogP contribution in [0.2, 0.25) is 0 Å². The van der Waals surface area contributed by atoms with Crippen molar-refractivity contribution in [2.75, 3.05) is 6.00 Å². The average Bonchev–Trinajstić information content (AvgIpc) is 2.78. The lowest BCUT2D eigenvalue weighted by molar-refractivity contribution is -0.121. The molecule has 0 aromatic carbocycles. The Morgan fingerprint density at radius 3 is 2.67 bits per heavy atom. The lowest BCUT2D eigenvalue weighted by Gasteiger charge is -2.17. The van der Waals surface area contributed by atoms with Gasteiger partial charge in [-0.2, -0.15) is 0 Å². The average molecular weight is 189 g/mol. The minimum absolute atomic E-state index is 0.0960. The number of hydrogen-bond donors (Lipinski definition) is 1. The van der Waals surface area contributed by atoms with Gasteiger partial charge in [-0.15, -0.1) is 11.6 Å². The van der Waals surface area contributed by atoms with Crippen molar-refractivity contribution in [1.29, 1.82) is 0 Å². The number of urea groups is 1. The van der Waals surface area contributed by atoms with E-state index in [2.05, 4.69) is 5.32 Å². The zero-order valence-electron chi connectivity index (χ0n) is 6.42. The van der Waals surface area contributed by atoms with Crippen LogP contribution in [0.1, 0.15) is 12.8 Å². The molecule has 2 fully saturated rings. The summed E-state index contributed by atoms with van der Waals surface area (Å²) in [5.41, 5.74) is 0. The van der Waals surface area contributed by atoms with Crippen LogP contribution >= 0.6 is 11.6 Å². The fourth-order valence-electron chi connectivity index (χ4n) is 1.53. The number of imide groups is 1. The van der Waals surface area contributed by atoms with Gasteiger partial charge in [-0.1, -0.05) is 0 Å². The number of halogens is 1. The van der Waals surface area contributed by atoms with Crippen LogP contribution in [0.4, 0.5) is 4.79 Å². The van der Waals surface area contributed by atoms with Gasteiger partial charge < -0.3 is 0 Å². The number of carbonyl (C=O) groups excluding carboxylic acids is 2. The highest BCUT2D eigenvalue weighted by Gasteiger charge is 2.46. The first-order valence-electron chi connectivity index (χ1n) is 3.91. The SMILES string of the molecule is O=C1NC(=O)N(CCl)C1C1CC1. The van der Waals surface area contributed by atoms with Crippen molar-refractivity contribution >= 4 is 23.5 Å². The van der Waals surface area contributed by atoms with Crippen LogP contribution in [0.5, 0.6) is 0 Å². The van der Waals surface area contributed by atoms with E-state index in [1.54, 1.807) is 0 Å². The third-order valence-corrected chi connectivity index (χ3v) is 2.55. The summed E-state index contributed by atoms with van der Waals surface area (Å²) in [7, 11) is 0. The van der Waals surface area contributed by atoms with Gasteiger partial charge in [-0.3, -0.25) is 15.0 Å². The highest BCUT2D eigenvalue weighted by molar-refractivity contribution is 6.19. The number of alkyl halides is 1. The molecule has 1 saturated carbocycles. The van der Waals surface area contributed by atoms with Crippen LogP contribution in [0.15, 0.2) is 0 Å². The maximum atomic E-state index is 11.2. The van der Waals surface area contributed by atoms with Gasteiger partial charge in [0.05, 0.1) is 6.00 Å². The fraction of sp³-hybridized carbons (Fsp3) is 0.714. The number of rotatable bonds is 2. The first-order chi connectivity index (χ1) is 5.74. The molecule has 1 N–H and O–H groups in total. The predicted octanol–water partition coefficient (Wildman–Crippen LogP) is 0.513. The molecule has 1 saturated heterocycles. The maximum Gasteiger partial charge on any atom is 0.325 e. The van der Waals surface area contributed by atoms with E-state index in [9.17, 15) is 9.59 Å². The van der Waals surface area contributed by atoms with E-state index in [1.807, 2.05) is 0 Å². The molecule has 1 atom stereocenters. The van der Waals surface area contributed by atoms with Crippen molar-refractivity contribution in [2.45, 2.75) is 18.9 Å². The van der Waals surface area contributed by atoms with Gasteiger partial charge >= 0.3 is 6.03 Å². The molecule has 1 unspecified atom stereocenters. The predicted molar refractivity (Wildman–Crippen MR) is 42.6 cm³/mol. The lowest BCUT2D eigenvalue weighted by Crippen LogP contribution is -2.35. The molecule has 0 radical (unpaired) electrons. The van der Waals surface area contributed by atoms with E-state index < -0.39 is 0 Å². The van der Waals surface area contributed by atoms with E-state index in [-0.39, 0.29) is 24.0 Å². The molecule has 3 amide bonds. The monoisotopic (exact) mass is 188 g/mol. The zero-order chi connectivity index (χ0) is 8.72. The van der Waals surface area contributed by atoms with E-state index in [0.29, 0.717) is 5.92 Å². The van der Waals surface area contributed by atoms with Crippen molar-refractivity contribution in [1.82, 2.24) is 10.2 Å². The van der Waals surface area contributed by atoms with E-state index >= 15 is 0 Å². The molecule has 2 aliphatic rings. The van der Waals surface area contributed by atoms with Crippen LogP contribution < -0.4 is 5.32 Å². The summed E-state index contributed by atoms with van der Waals surface area (Å²) in [6, 6.07) is -0.555. The Labute approximate surface area is 74.9 Å². The third-order valence-electron chi connectivity index (χ3n) is 2.29. The Morgan fingerprint density at radius 1 is 1.50 bits per heavy atom. The molecule has 0 spiro atoms. The van der Waals surface area contributed by atoms with Crippen LogP contribution in [0, 0.1) is 5.92 Å². The fourth-order valence-corrected chi connectivity index (χ4v) is 1.79. The van der Waals surface area contributed by atoms with E-state index in [1.165, 1.54) is 4.90 Å². The minimum Gasteiger partial charge on any atom is -0.298 e. The Bertz CT molecular complexity index is 240. The van der Waals surface area contributed by atoms with Crippen LogP contribution in [-0.2, 0) is 4.79 Å². The molecule has 1 aliphatic heterocycles. The molecule has 1 heterocycles. The minimum atomic E-state index is -0.355. The van der Waals surface area contributed by atoms with Crippen LogP contribution in [-0.4, -0.2) is 28.9 Å². The lowest BCUT2D eigenvalue weighted by atomic mass is 10.2. The third kappa shape index (κ3) is 1.06. The Balaban J connectivity index is 2.16. The summed E-state index contributed by atoms with van der Waals surface area (Å²) < 4.78 is 0. The van der Waals surface area contributed by atoms with Crippen molar-refractivity contribution in [3.8, 4) is 0 Å². The van der Waals surface area contributed by atoms with Crippen molar-refractivity contribution < 1.29 is 9.59 Å². The number of nitrogens with zero attached hydrogens (tertiary/aromatic N) is 1. The second-order valence-electron chi connectivity index (χ2n) is 3.17. The van der Waals surface area contributed by atoms with Gasteiger partial charge in [0.1, 0.15) is 6.04 Å². The second kappa shape index (κ2) is 2.62. The molecule has 0 bridgehead atoms. The molecule has 12 heavy (non-hydrogen) atoms. The van der Waals surface area contributed by atoms with Crippen molar-refractivity contribution in [3.63, 3.8) is 0 Å². The molecule has 2 rings (SSSR count). The highest BCUT2D eigenvalue weighted by Crippen LogP contribution is 2.37. The maximum absolute atomic E-state index is 11.2. The number of carbonyl (C=O) groups is 2. The second-order valence-corrected chi connectivity index (χ2v) is 3.41. The summed E-state index contributed by atoms with van der Waals surface area (Å²) in [6.45, 7) is 0. The van der Waals surface area contributed by atoms with Crippen molar-refractivity contribution in [3.05, 3.63) is 0 Å².